The van der Waals surface area contributed by atoms with Crippen LogP contribution in [0.4, 0.5) is 0 Å². The smallest absolute Gasteiger partial charge is 0.242 e. The molecule has 4 aromatic rings. The molecule has 142 valence electrons. The minimum Gasteiger partial charge on any atom is -0.464 e. The van der Waals surface area contributed by atoms with E-state index in [1.54, 1.807) is 17.1 Å². The van der Waals surface area contributed by atoms with Crippen molar-refractivity contribution in [3.63, 3.8) is 0 Å². The zero-order valence-corrected chi connectivity index (χ0v) is 15.9. The summed E-state index contributed by atoms with van der Waals surface area (Å²) in [4.78, 5) is 17.2. The van der Waals surface area contributed by atoms with E-state index in [0.717, 1.165) is 34.4 Å². The summed E-state index contributed by atoms with van der Waals surface area (Å²) in [7, 11) is 0. The quantitative estimate of drug-likeness (QED) is 0.547. The molecule has 1 amide bonds. The summed E-state index contributed by atoms with van der Waals surface area (Å²) in [5.41, 5.74) is 3.51. The van der Waals surface area contributed by atoms with Gasteiger partial charge < -0.3 is 9.73 Å². The third-order valence-electron chi connectivity index (χ3n) is 4.83. The second-order valence-corrected chi connectivity index (χ2v) is 6.72. The van der Waals surface area contributed by atoms with Gasteiger partial charge in [-0.25, -0.2) is 9.67 Å². The molecule has 3 heterocycles. The van der Waals surface area contributed by atoms with E-state index in [1.165, 1.54) is 0 Å². The molecule has 0 saturated heterocycles. The Hall–Kier alpha value is -3.41. The van der Waals surface area contributed by atoms with Crippen LogP contribution in [0.25, 0.3) is 22.4 Å². The SMILES string of the molecule is CCC(NC(=O)Cn1nc(C)c2c(-c3ccco3)ccnc21)c1ccccc1. The summed E-state index contributed by atoms with van der Waals surface area (Å²) in [6.07, 6.45) is 4.17. The number of pyridine rings is 1. The summed E-state index contributed by atoms with van der Waals surface area (Å²) < 4.78 is 7.20. The molecule has 0 aliphatic carbocycles. The minimum atomic E-state index is -0.0923. The normalized spacial score (nSPS) is 12.2. The number of aryl methyl sites for hydroxylation is 1. The molecule has 0 fully saturated rings. The predicted octanol–water partition coefficient (Wildman–Crippen LogP) is 4.27. The Morgan fingerprint density at radius 1 is 1.18 bits per heavy atom. The van der Waals surface area contributed by atoms with Gasteiger partial charge in [0.05, 0.1) is 23.4 Å². The fraction of sp³-hybridized carbons (Fsp3) is 0.227. The Balaban J connectivity index is 1.60. The summed E-state index contributed by atoms with van der Waals surface area (Å²) in [6, 6.07) is 15.6. The monoisotopic (exact) mass is 374 g/mol. The first kappa shape index (κ1) is 18.0. The van der Waals surface area contributed by atoms with E-state index >= 15 is 0 Å². The first-order chi connectivity index (χ1) is 13.7. The standard InChI is InChI=1S/C22H22N4O2/c1-3-18(16-8-5-4-6-9-16)24-20(27)14-26-22-21(15(2)25-26)17(11-12-23-22)19-10-7-13-28-19/h4-13,18H,3,14H2,1-2H3,(H,24,27). The highest BCUT2D eigenvalue weighted by atomic mass is 16.3. The minimum absolute atomic E-state index is 0.0248. The fourth-order valence-corrected chi connectivity index (χ4v) is 3.51. The molecule has 3 aromatic heterocycles. The number of fused-ring (bicyclic) bond motifs is 1. The number of nitrogens with one attached hydrogen (secondary N) is 1. The van der Waals surface area contributed by atoms with Crippen LogP contribution in [-0.2, 0) is 11.3 Å². The van der Waals surface area contributed by atoms with Crippen molar-refractivity contribution in [3.05, 3.63) is 72.2 Å². The molecule has 6 heteroatoms. The summed E-state index contributed by atoms with van der Waals surface area (Å²) in [6.45, 7) is 4.09. The van der Waals surface area contributed by atoms with Crippen molar-refractivity contribution in [2.24, 2.45) is 0 Å². The lowest BCUT2D eigenvalue weighted by atomic mass is 10.0. The van der Waals surface area contributed by atoms with Gasteiger partial charge in [0.2, 0.25) is 5.91 Å². The van der Waals surface area contributed by atoms with Crippen molar-refractivity contribution < 1.29 is 9.21 Å². The van der Waals surface area contributed by atoms with Crippen molar-refractivity contribution in [3.8, 4) is 11.3 Å². The molecule has 1 atom stereocenters. The second-order valence-electron chi connectivity index (χ2n) is 6.72. The molecule has 1 N–H and O–H groups in total. The van der Waals surface area contributed by atoms with Gasteiger partial charge in [-0.2, -0.15) is 5.10 Å². The molecule has 0 aliphatic rings. The lowest BCUT2D eigenvalue weighted by molar-refractivity contribution is -0.122. The van der Waals surface area contributed by atoms with Crippen molar-refractivity contribution >= 4 is 16.9 Å². The Kier molecular flexibility index (Phi) is 4.93. The van der Waals surface area contributed by atoms with Crippen LogP contribution in [0.3, 0.4) is 0 Å². The number of rotatable bonds is 6. The van der Waals surface area contributed by atoms with Crippen molar-refractivity contribution in [1.82, 2.24) is 20.1 Å². The summed E-state index contributed by atoms with van der Waals surface area (Å²) in [5, 5.41) is 8.56. The molecular formula is C22H22N4O2. The first-order valence-electron chi connectivity index (χ1n) is 9.37. The maximum Gasteiger partial charge on any atom is 0.242 e. The molecule has 0 bridgehead atoms. The van der Waals surface area contributed by atoms with Gasteiger partial charge in [0.25, 0.3) is 0 Å². The third-order valence-corrected chi connectivity index (χ3v) is 4.83. The number of furan rings is 1. The van der Waals surface area contributed by atoms with Crippen LogP contribution in [0, 0.1) is 6.92 Å². The molecule has 0 aliphatic heterocycles. The van der Waals surface area contributed by atoms with Crippen LogP contribution in [0.2, 0.25) is 0 Å². The zero-order valence-electron chi connectivity index (χ0n) is 15.9. The van der Waals surface area contributed by atoms with Gasteiger partial charge in [-0.05, 0) is 37.1 Å². The molecule has 0 saturated carbocycles. The van der Waals surface area contributed by atoms with E-state index in [9.17, 15) is 4.79 Å². The first-order valence-corrected chi connectivity index (χ1v) is 9.37. The Bertz CT molecular complexity index is 1080. The van der Waals surface area contributed by atoms with E-state index in [0.29, 0.717) is 5.65 Å². The Morgan fingerprint density at radius 2 is 2.00 bits per heavy atom. The van der Waals surface area contributed by atoms with Crippen molar-refractivity contribution in [2.45, 2.75) is 32.9 Å². The predicted molar refractivity (Wildman–Crippen MR) is 108 cm³/mol. The molecule has 6 nitrogen and oxygen atoms in total. The highest BCUT2D eigenvalue weighted by Crippen LogP contribution is 2.30. The van der Waals surface area contributed by atoms with Crippen molar-refractivity contribution in [1.29, 1.82) is 0 Å². The Morgan fingerprint density at radius 3 is 2.71 bits per heavy atom. The number of hydrogen-bond donors (Lipinski definition) is 1. The maximum absolute atomic E-state index is 12.7. The van der Waals surface area contributed by atoms with Crippen LogP contribution in [0.1, 0.15) is 30.6 Å². The van der Waals surface area contributed by atoms with Gasteiger partial charge in [-0.15, -0.1) is 0 Å². The molecule has 0 radical (unpaired) electrons. The number of amides is 1. The summed E-state index contributed by atoms with van der Waals surface area (Å²) in [5.74, 6) is 0.667. The largest absolute Gasteiger partial charge is 0.464 e. The van der Waals surface area contributed by atoms with E-state index in [2.05, 4.69) is 22.3 Å². The molecule has 1 unspecified atom stereocenters. The van der Waals surface area contributed by atoms with E-state index in [4.69, 9.17) is 4.42 Å². The molecule has 0 spiro atoms. The van der Waals surface area contributed by atoms with Crippen LogP contribution < -0.4 is 5.32 Å². The topological polar surface area (TPSA) is 73.0 Å². The number of hydrogen-bond acceptors (Lipinski definition) is 4. The number of benzene rings is 1. The van der Waals surface area contributed by atoms with Crippen LogP contribution >= 0.6 is 0 Å². The molecule has 4 rings (SSSR count). The summed E-state index contributed by atoms with van der Waals surface area (Å²) >= 11 is 0. The van der Waals surface area contributed by atoms with Gasteiger partial charge in [-0.1, -0.05) is 37.3 Å². The van der Waals surface area contributed by atoms with E-state index in [1.807, 2.05) is 55.5 Å². The van der Waals surface area contributed by atoms with E-state index < -0.39 is 0 Å². The number of carbonyl (C=O) groups is 1. The number of carbonyl (C=O) groups excluding carboxylic acids is 1. The highest BCUT2D eigenvalue weighted by Gasteiger charge is 2.18. The number of nitrogens with zero attached hydrogens (tertiary/aromatic N) is 3. The fourth-order valence-electron chi connectivity index (χ4n) is 3.51. The third kappa shape index (κ3) is 3.41. The number of aromatic nitrogens is 3. The lowest BCUT2D eigenvalue weighted by Gasteiger charge is -2.17. The Labute approximate surface area is 163 Å². The van der Waals surface area contributed by atoms with Crippen molar-refractivity contribution in [2.75, 3.05) is 0 Å². The molecular weight excluding hydrogens is 352 g/mol. The van der Waals surface area contributed by atoms with Gasteiger partial charge >= 0.3 is 0 Å². The van der Waals surface area contributed by atoms with Crippen LogP contribution in [0.5, 0.6) is 0 Å². The van der Waals surface area contributed by atoms with Crippen LogP contribution in [-0.4, -0.2) is 20.7 Å². The lowest BCUT2D eigenvalue weighted by Crippen LogP contribution is -2.31. The van der Waals surface area contributed by atoms with Gasteiger partial charge in [-0.3, -0.25) is 4.79 Å². The molecule has 28 heavy (non-hydrogen) atoms. The van der Waals surface area contributed by atoms with Crippen LogP contribution in [0.15, 0.2) is 65.4 Å². The van der Waals surface area contributed by atoms with E-state index in [-0.39, 0.29) is 18.5 Å². The van der Waals surface area contributed by atoms with Gasteiger partial charge in [0.15, 0.2) is 5.65 Å². The maximum atomic E-state index is 12.7. The second kappa shape index (κ2) is 7.68. The van der Waals surface area contributed by atoms with Gasteiger partial charge in [0, 0.05) is 11.8 Å². The molecule has 1 aromatic carbocycles. The highest BCUT2D eigenvalue weighted by molar-refractivity contribution is 5.93. The average Bonchev–Trinajstić information content (AvgIpc) is 3.36. The zero-order chi connectivity index (χ0) is 19.5. The average molecular weight is 374 g/mol. The van der Waals surface area contributed by atoms with Gasteiger partial charge in [0.1, 0.15) is 12.3 Å².